The summed E-state index contributed by atoms with van der Waals surface area (Å²) >= 11 is 7.42. The molecule has 0 aliphatic heterocycles. The number of nitrogens with one attached hydrogen (secondary N) is 1. The number of hydrogen-bond acceptors (Lipinski definition) is 5. The van der Waals surface area contributed by atoms with Crippen LogP contribution in [0.3, 0.4) is 0 Å². The number of amides is 1. The summed E-state index contributed by atoms with van der Waals surface area (Å²) in [7, 11) is 0. The van der Waals surface area contributed by atoms with Gasteiger partial charge in [0, 0.05) is 28.4 Å². The lowest BCUT2D eigenvalue weighted by Crippen LogP contribution is -2.23. The van der Waals surface area contributed by atoms with Crippen molar-refractivity contribution in [1.82, 2.24) is 15.1 Å². The number of benzene rings is 4. The second-order valence-electron chi connectivity index (χ2n) is 9.69. The number of fused-ring (bicyclic) bond motifs is 1. The number of rotatable bonds is 8. The maximum atomic E-state index is 13.8. The van der Waals surface area contributed by atoms with Crippen molar-refractivity contribution in [2.75, 3.05) is 0 Å². The first-order valence-corrected chi connectivity index (χ1v) is 14.4. The maximum Gasteiger partial charge on any atom is 0.416 e. The summed E-state index contributed by atoms with van der Waals surface area (Å²) in [6, 6.07) is 21.2. The van der Waals surface area contributed by atoms with Gasteiger partial charge < -0.3 is 10.4 Å². The van der Waals surface area contributed by atoms with Gasteiger partial charge in [-0.3, -0.25) is 9.48 Å². The van der Waals surface area contributed by atoms with E-state index in [0.29, 0.717) is 54.6 Å². The van der Waals surface area contributed by atoms with Crippen LogP contribution < -0.4 is 5.32 Å². The molecule has 0 spiro atoms. The Morgan fingerprint density at radius 2 is 1.70 bits per heavy atom. The van der Waals surface area contributed by atoms with Crippen LogP contribution in [0, 0.1) is 11.3 Å². The Morgan fingerprint density at radius 3 is 2.32 bits per heavy atom. The molecule has 0 saturated heterocycles. The first kappa shape index (κ1) is 30.7. The average molecular weight is 635 g/mol. The zero-order valence-electron chi connectivity index (χ0n) is 22.9. The molecule has 1 heterocycles. The molecule has 7 nitrogen and oxygen atoms in total. The van der Waals surface area contributed by atoms with Crippen LogP contribution in [0.15, 0.2) is 88.8 Å². The highest BCUT2D eigenvalue weighted by Gasteiger charge is 2.30. The average Bonchev–Trinajstić information content (AvgIpc) is 3.36. The molecule has 1 aromatic heterocycles. The molecular formula is C32H22ClF3N4O3S. The van der Waals surface area contributed by atoms with Gasteiger partial charge in [-0.1, -0.05) is 35.5 Å². The van der Waals surface area contributed by atoms with Crippen molar-refractivity contribution in [3.05, 3.63) is 112 Å². The molecule has 5 rings (SSSR count). The molecule has 2 N–H and O–H groups in total. The van der Waals surface area contributed by atoms with Crippen LogP contribution in [-0.2, 0) is 19.3 Å². The van der Waals surface area contributed by atoms with E-state index < -0.39 is 23.6 Å². The van der Waals surface area contributed by atoms with Crippen molar-refractivity contribution in [2.24, 2.45) is 0 Å². The van der Waals surface area contributed by atoms with E-state index in [0.717, 1.165) is 23.9 Å². The molecule has 222 valence electrons. The second kappa shape index (κ2) is 12.4. The summed E-state index contributed by atoms with van der Waals surface area (Å²) in [6.45, 7) is 2.41. The summed E-state index contributed by atoms with van der Waals surface area (Å²) in [5, 5.41) is 27.5. The number of carboxylic acid groups (broad SMARTS) is 1. The lowest BCUT2D eigenvalue weighted by atomic mass is 9.98. The van der Waals surface area contributed by atoms with E-state index in [-0.39, 0.29) is 17.7 Å². The highest BCUT2D eigenvalue weighted by molar-refractivity contribution is 7.99. The van der Waals surface area contributed by atoms with Gasteiger partial charge in [-0.2, -0.15) is 23.5 Å². The van der Waals surface area contributed by atoms with Gasteiger partial charge in [0.1, 0.15) is 5.03 Å². The zero-order valence-corrected chi connectivity index (χ0v) is 24.5. The van der Waals surface area contributed by atoms with Crippen molar-refractivity contribution in [3.63, 3.8) is 0 Å². The van der Waals surface area contributed by atoms with Crippen LogP contribution in [0.1, 0.15) is 44.3 Å². The van der Waals surface area contributed by atoms with Gasteiger partial charge in [0.2, 0.25) is 0 Å². The van der Waals surface area contributed by atoms with Crippen LogP contribution in [-0.4, -0.2) is 26.8 Å². The van der Waals surface area contributed by atoms with E-state index in [4.69, 9.17) is 21.8 Å². The molecule has 5 aromatic rings. The number of alkyl halides is 3. The summed E-state index contributed by atoms with van der Waals surface area (Å²) in [4.78, 5) is 25.5. The molecule has 44 heavy (non-hydrogen) atoms. The molecule has 0 radical (unpaired) electrons. The molecule has 4 aromatic carbocycles. The predicted molar refractivity (Wildman–Crippen MR) is 161 cm³/mol. The maximum absolute atomic E-state index is 13.8. The lowest BCUT2D eigenvalue weighted by molar-refractivity contribution is -0.137. The fourth-order valence-electron chi connectivity index (χ4n) is 4.61. The minimum Gasteiger partial charge on any atom is -0.478 e. The van der Waals surface area contributed by atoms with Crippen molar-refractivity contribution >= 4 is 46.1 Å². The predicted octanol–water partition coefficient (Wildman–Crippen LogP) is 8.05. The van der Waals surface area contributed by atoms with E-state index in [2.05, 4.69) is 11.4 Å². The Balaban J connectivity index is 1.60. The van der Waals surface area contributed by atoms with E-state index in [1.807, 2.05) is 13.0 Å². The molecule has 0 unspecified atom stereocenters. The van der Waals surface area contributed by atoms with Crippen LogP contribution >= 0.6 is 23.4 Å². The molecular weight excluding hydrogens is 613 g/mol. The molecule has 0 aliphatic carbocycles. The third-order valence-corrected chi connectivity index (χ3v) is 7.98. The Hall–Kier alpha value is -4.79. The number of hydrogen-bond donors (Lipinski definition) is 2. The van der Waals surface area contributed by atoms with Crippen molar-refractivity contribution in [2.45, 2.75) is 36.1 Å². The minimum atomic E-state index is -4.47. The Kier molecular flexibility index (Phi) is 8.67. The number of halogens is 4. The largest absolute Gasteiger partial charge is 0.478 e. The Bertz CT molecular complexity index is 1930. The third-order valence-electron chi connectivity index (χ3n) is 6.78. The molecule has 1 amide bonds. The molecule has 12 heteroatoms. The fraction of sp³-hybridized carbons (Fsp3) is 0.125. The van der Waals surface area contributed by atoms with Gasteiger partial charge >= 0.3 is 12.1 Å². The first-order valence-electron chi connectivity index (χ1n) is 13.2. The zero-order chi connectivity index (χ0) is 31.6. The monoisotopic (exact) mass is 634 g/mol. The normalized spacial score (nSPS) is 11.4. The quantitative estimate of drug-likeness (QED) is 0.179. The summed E-state index contributed by atoms with van der Waals surface area (Å²) in [5.74, 6) is -1.52. The van der Waals surface area contributed by atoms with Crippen LogP contribution in [0.4, 0.5) is 13.2 Å². The number of carbonyl (C=O) groups excluding carboxylic acids is 1. The second-order valence-corrected chi connectivity index (χ2v) is 11.2. The van der Waals surface area contributed by atoms with Crippen LogP contribution in [0.25, 0.3) is 22.0 Å². The fourth-order valence-corrected chi connectivity index (χ4v) is 5.80. The van der Waals surface area contributed by atoms with Gasteiger partial charge in [0.15, 0.2) is 0 Å². The van der Waals surface area contributed by atoms with Gasteiger partial charge in [0.25, 0.3) is 5.91 Å². The number of nitriles is 1. The van der Waals surface area contributed by atoms with Gasteiger partial charge in [0.05, 0.1) is 33.8 Å². The molecule has 0 saturated carbocycles. The number of aromatic nitrogens is 2. The molecule has 0 fully saturated rings. The lowest BCUT2D eigenvalue weighted by Gasteiger charge is -2.12. The Morgan fingerprint density at radius 1 is 1.02 bits per heavy atom. The van der Waals surface area contributed by atoms with Crippen LogP contribution in [0.2, 0.25) is 5.02 Å². The number of carbonyl (C=O) groups is 2. The minimum absolute atomic E-state index is 0.101. The number of nitrogens with zero attached hydrogens (tertiary/aromatic N) is 3. The SMILES string of the molecule is CCn1nc(Sc2ccc(C(F)(F)F)cc2)c2c(C(=O)NCc3ccc(C(=O)O)cc3)cc(-c3cc(Cl)cc(C#N)c3)cc21. The first-order chi connectivity index (χ1) is 21.0. The van der Waals surface area contributed by atoms with E-state index in [1.54, 1.807) is 35.0 Å². The number of aryl methyl sites for hydroxylation is 1. The van der Waals surface area contributed by atoms with Crippen molar-refractivity contribution in [3.8, 4) is 17.2 Å². The smallest absolute Gasteiger partial charge is 0.416 e. The van der Waals surface area contributed by atoms with Crippen LogP contribution in [0.5, 0.6) is 0 Å². The third kappa shape index (κ3) is 6.56. The van der Waals surface area contributed by atoms with Crippen molar-refractivity contribution < 1.29 is 27.9 Å². The topological polar surface area (TPSA) is 108 Å². The summed E-state index contributed by atoms with van der Waals surface area (Å²) < 4.78 is 41.1. The number of carboxylic acids is 1. The summed E-state index contributed by atoms with van der Waals surface area (Å²) in [5.41, 5.74) is 2.43. The van der Waals surface area contributed by atoms with Gasteiger partial charge in [-0.05, 0) is 90.3 Å². The Labute approximate surface area is 258 Å². The highest BCUT2D eigenvalue weighted by atomic mass is 35.5. The van der Waals surface area contributed by atoms with Gasteiger partial charge in [-0.25, -0.2) is 4.79 Å². The highest BCUT2D eigenvalue weighted by Crippen LogP contribution is 2.39. The van der Waals surface area contributed by atoms with Crippen molar-refractivity contribution in [1.29, 1.82) is 5.26 Å². The number of aromatic carboxylic acids is 1. The van der Waals surface area contributed by atoms with E-state index in [1.165, 1.54) is 30.3 Å². The summed E-state index contributed by atoms with van der Waals surface area (Å²) in [6.07, 6.45) is -4.47. The molecule has 0 bridgehead atoms. The van der Waals surface area contributed by atoms with E-state index >= 15 is 0 Å². The molecule has 0 atom stereocenters. The molecule has 0 aliphatic rings. The standard InChI is InChI=1S/C32H22ClF3N4O3S/c1-2-40-27-15-22(21-11-19(16-37)12-24(33)13-21)14-26(29(41)38-17-18-3-5-20(6-4-18)31(42)43)28(27)30(39-40)44-25-9-7-23(8-10-25)32(34,35)36/h3-15H,2,17H2,1H3,(H,38,41)(H,42,43). The van der Waals surface area contributed by atoms with Gasteiger partial charge in [-0.15, -0.1) is 0 Å². The van der Waals surface area contributed by atoms with E-state index in [9.17, 15) is 28.0 Å².